The number of amides is 1. The van der Waals surface area contributed by atoms with Gasteiger partial charge in [0.15, 0.2) is 0 Å². The number of hydrogen-bond acceptors (Lipinski definition) is 3. The largest absolute Gasteiger partial charge is 0.389 e. The van der Waals surface area contributed by atoms with Gasteiger partial charge < -0.3 is 15.9 Å². The Morgan fingerprint density at radius 1 is 1.61 bits per heavy atom. The van der Waals surface area contributed by atoms with E-state index >= 15 is 0 Å². The Morgan fingerprint density at radius 3 is 2.94 bits per heavy atom. The van der Waals surface area contributed by atoms with Gasteiger partial charge in [-0.1, -0.05) is 27.2 Å². The lowest BCUT2D eigenvalue weighted by molar-refractivity contribution is -0.119. The molecule has 1 aromatic carbocycles. The topological polar surface area (TPSA) is 76.7 Å². The fraction of sp³-hybridized carbons (Fsp3) is 0.273. The summed E-state index contributed by atoms with van der Waals surface area (Å²) in [5, 5.41) is 5.92. The number of amidine groups is 1. The Morgan fingerprint density at radius 2 is 2.33 bits per heavy atom. The lowest BCUT2D eigenvalue weighted by Crippen LogP contribution is -2.25. The molecule has 1 amide bonds. The molecule has 0 saturated heterocycles. The maximum Gasteiger partial charge on any atom is 0.227 e. The smallest absolute Gasteiger partial charge is 0.227 e. The Kier molecular flexibility index (Phi) is 5.57. The van der Waals surface area contributed by atoms with E-state index in [1.165, 1.54) is 13.1 Å². The molecule has 18 heavy (non-hydrogen) atoms. The van der Waals surface area contributed by atoms with Crippen molar-refractivity contribution in [3.63, 3.8) is 0 Å². The molecule has 5 nitrogen and oxygen atoms in total. The van der Waals surface area contributed by atoms with E-state index < -0.39 is 5.82 Å². The second-order valence-corrected chi connectivity index (χ2v) is 4.36. The van der Waals surface area contributed by atoms with Crippen molar-refractivity contribution in [1.29, 1.82) is 0 Å². The van der Waals surface area contributed by atoms with Crippen molar-refractivity contribution in [2.75, 3.05) is 7.05 Å². The molecule has 0 aliphatic carbocycles. The van der Waals surface area contributed by atoms with E-state index in [9.17, 15) is 9.18 Å². The number of nitrogens with two attached hydrogens (primary N) is 1. The lowest BCUT2D eigenvalue weighted by Gasteiger charge is -2.03. The van der Waals surface area contributed by atoms with Crippen LogP contribution < -0.4 is 11.1 Å². The SMILES string of the molecule is CNC(=O)CC(N)=NOCc1ccc(Br)cc1F. The summed E-state index contributed by atoms with van der Waals surface area (Å²) in [6, 6.07) is 4.60. The third-order valence-electron chi connectivity index (χ3n) is 2.04. The van der Waals surface area contributed by atoms with Crippen LogP contribution in [0.3, 0.4) is 0 Å². The number of halogens is 2. The fourth-order valence-electron chi connectivity index (χ4n) is 1.11. The van der Waals surface area contributed by atoms with Crippen molar-refractivity contribution < 1.29 is 14.0 Å². The van der Waals surface area contributed by atoms with Crippen LogP contribution in [0.25, 0.3) is 0 Å². The highest BCUT2D eigenvalue weighted by molar-refractivity contribution is 9.10. The van der Waals surface area contributed by atoms with Crippen molar-refractivity contribution in [3.8, 4) is 0 Å². The van der Waals surface area contributed by atoms with Gasteiger partial charge >= 0.3 is 0 Å². The molecular weight excluding hydrogens is 305 g/mol. The Bertz CT molecular complexity index is 466. The van der Waals surface area contributed by atoms with E-state index in [-0.39, 0.29) is 24.8 Å². The summed E-state index contributed by atoms with van der Waals surface area (Å²) in [4.78, 5) is 15.8. The molecule has 98 valence electrons. The summed E-state index contributed by atoms with van der Waals surface area (Å²) in [6.45, 7) is -0.0481. The zero-order chi connectivity index (χ0) is 13.5. The van der Waals surface area contributed by atoms with Gasteiger partial charge in [-0.25, -0.2) is 4.39 Å². The second-order valence-electron chi connectivity index (χ2n) is 3.44. The van der Waals surface area contributed by atoms with Crippen molar-refractivity contribution in [2.24, 2.45) is 10.9 Å². The molecule has 3 N–H and O–H groups in total. The summed E-state index contributed by atoms with van der Waals surface area (Å²) in [5.74, 6) is -0.633. The van der Waals surface area contributed by atoms with Crippen LogP contribution in [-0.4, -0.2) is 18.8 Å². The number of carbonyl (C=O) groups is 1. The van der Waals surface area contributed by atoms with Crippen LogP contribution in [-0.2, 0) is 16.2 Å². The zero-order valence-electron chi connectivity index (χ0n) is 9.74. The van der Waals surface area contributed by atoms with Crippen LogP contribution in [0, 0.1) is 5.82 Å². The average Bonchev–Trinajstić information content (AvgIpc) is 2.31. The normalized spacial score (nSPS) is 11.2. The van der Waals surface area contributed by atoms with E-state index in [0.717, 1.165) is 0 Å². The van der Waals surface area contributed by atoms with E-state index in [2.05, 4.69) is 26.4 Å². The number of nitrogens with one attached hydrogen (secondary N) is 1. The molecule has 0 bridgehead atoms. The first-order chi connectivity index (χ1) is 8.52. The quantitative estimate of drug-likeness (QED) is 0.491. The number of carbonyl (C=O) groups excluding carboxylic acids is 1. The Labute approximate surface area is 112 Å². The van der Waals surface area contributed by atoms with Crippen LogP contribution in [0.2, 0.25) is 0 Å². The summed E-state index contributed by atoms with van der Waals surface area (Å²) in [5.41, 5.74) is 5.80. The number of rotatable bonds is 5. The van der Waals surface area contributed by atoms with Crippen LogP contribution >= 0.6 is 15.9 Å². The van der Waals surface area contributed by atoms with Crippen molar-refractivity contribution in [2.45, 2.75) is 13.0 Å². The van der Waals surface area contributed by atoms with Gasteiger partial charge in [-0.15, -0.1) is 0 Å². The van der Waals surface area contributed by atoms with E-state index in [4.69, 9.17) is 10.6 Å². The van der Waals surface area contributed by atoms with Crippen molar-refractivity contribution in [3.05, 3.63) is 34.1 Å². The van der Waals surface area contributed by atoms with Gasteiger partial charge in [0.1, 0.15) is 18.3 Å². The lowest BCUT2D eigenvalue weighted by atomic mass is 10.2. The minimum Gasteiger partial charge on any atom is -0.389 e. The molecule has 0 unspecified atom stereocenters. The molecule has 0 saturated carbocycles. The minimum absolute atomic E-state index is 0.0341. The molecule has 0 atom stereocenters. The first-order valence-electron chi connectivity index (χ1n) is 5.11. The maximum absolute atomic E-state index is 13.4. The zero-order valence-corrected chi connectivity index (χ0v) is 11.3. The molecule has 0 heterocycles. The fourth-order valence-corrected chi connectivity index (χ4v) is 1.44. The number of benzene rings is 1. The molecule has 0 fully saturated rings. The third kappa shape index (κ3) is 4.70. The van der Waals surface area contributed by atoms with Gasteiger partial charge in [-0.3, -0.25) is 4.79 Å². The van der Waals surface area contributed by atoms with Gasteiger partial charge in [-0.05, 0) is 12.1 Å². The van der Waals surface area contributed by atoms with E-state index in [1.807, 2.05) is 0 Å². The second kappa shape index (κ2) is 6.95. The first kappa shape index (κ1) is 14.4. The Balaban J connectivity index is 2.50. The molecule has 0 radical (unpaired) electrons. The average molecular weight is 318 g/mol. The maximum atomic E-state index is 13.4. The van der Waals surface area contributed by atoms with E-state index in [0.29, 0.717) is 10.0 Å². The van der Waals surface area contributed by atoms with Gasteiger partial charge in [0, 0.05) is 17.1 Å². The van der Waals surface area contributed by atoms with Gasteiger partial charge in [-0.2, -0.15) is 0 Å². The van der Waals surface area contributed by atoms with Gasteiger partial charge in [0.25, 0.3) is 0 Å². The monoisotopic (exact) mass is 317 g/mol. The molecule has 0 aromatic heterocycles. The summed E-state index contributed by atoms with van der Waals surface area (Å²) in [7, 11) is 1.49. The molecular formula is C11H13BrFN3O2. The highest BCUT2D eigenvalue weighted by Gasteiger charge is 2.04. The van der Waals surface area contributed by atoms with E-state index in [1.54, 1.807) is 12.1 Å². The standard InChI is InChI=1S/C11H13BrFN3O2/c1-15-11(17)5-10(14)16-18-6-7-2-3-8(12)4-9(7)13/h2-4H,5-6H2,1H3,(H2,14,16)(H,15,17). The highest BCUT2D eigenvalue weighted by atomic mass is 79.9. The third-order valence-corrected chi connectivity index (χ3v) is 2.53. The van der Waals surface area contributed by atoms with Crippen LogP contribution in [0.15, 0.2) is 27.8 Å². The number of oxime groups is 1. The first-order valence-corrected chi connectivity index (χ1v) is 5.91. The molecule has 1 aromatic rings. The van der Waals surface area contributed by atoms with Crippen molar-refractivity contribution >= 4 is 27.7 Å². The molecule has 1 rings (SSSR count). The summed E-state index contributed by atoms with van der Waals surface area (Å²) in [6.07, 6.45) is -0.0562. The summed E-state index contributed by atoms with van der Waals surface area (Å²) < 4.78 is 14.0. The molecule has 0 spiro atoms. The predicted molar refractivity (Wildman–Crippen MR) is 69.2 cm³/mol. The highest BCUT2D eigenvalue weighted by Crippen LogP contribution is 2.15. The van der Waals surface area contributed by atoms with Crippen LogP contribution in [0.5, 0.6) is 0 Å². The number of hydrogen-bond donors (Lipinski definition) is 2. The van der Waals surface area contributed by atoms with Gasteiger partial charge in [0.2, 0.25) is 5.91 Å². The van der Waals surface area contributed by atoms with Gasteiger partial charge in [0.05, 0.1) is 6.42 Å². The predicted octanol–water partition coefficient (Wildman–Crippen LogP) is 1.51. The number of nitrogens with zero attached hydrogens (tertiary/aromatic N) is 1. The molecule has 7 heteroatoms. The van der Waals surface area contributed by atoms with Crippen LogP contribution in [0.4, 0.5) is 4.39 Å². The van der Waals surface area contributed by atoms with Crippen molar-refractivity contribution in [1.82, 2.24) is 5.32 Å². The summed E-state index contributed by atoms with van der Waals surface area (Å²) >= 11 is 3.15. The molecule has 0 aliphatic heterocycles. The molecule has 0 aliphatic rings. The Hall–Kier alpha value is -1.63. The minimum atomic E-state index is -0.399. The van der Waals surface area contributed by atoms with Crippen LogP contribution in [0.1, 0.15) is 12.0 Å².